The van der Waals surface area contributed by atoms with Crippen LogP contribution in [0.25, 0.3) is 0 Å². The number of benzene rings is 1. The molecule has 24 heavy (non-hydrogen) atoms. The summed E-state index contributed by atoms with van der Waals surface area (Å²) in [4.78, 5) is 24.1. The van der Waals surface area contributed by atoms with Gasteiger partial charge in [-0.05, 0) is 61.9 Å². The molecule has 0 aliphatic heterocycles. The van der Waals surface area contributed by atoms with Gasteiger partial charge in [0, 0.05) is 23.7 Å². The molecule has 2 amide bonds. The van der Waals surface area contributed by atoms with Gasteiger partial charge in [-0.15, -0.1) is 0 Å². The van der Waals surface area contributed by atoms with Gasteiger partial charge in [0.05, 0.1) is 0 Å². The summed E-state index contributed by atoms with van der Waals surface area (Å²) in [5.41, 5.74) is 7.46. The lowest BCUT2D eigenvalue weighted by Crippen LogP contribution is -2.36. The molecule has 2 saturated carbocycles. The Morgan fingerprint density at radius 3 is 2.12 bits per heavy atom. The molecular formula is C19H27N3O2. The van der Waals surface area contributed by atoms with Crippen LogP contribution >= 0.6 is 0 Å². The molecule has 3 rings (SSSR count). The summed E-state index contributed by atoms with van der Waals surface area (Å²) in [7, 11) is 0. The summed E-state index contributed by atoms with van der Waals surface area (Å²) in [6, 6.07) is 7.32. The molecule has 0 radical (unpaired) electrons. The molecule has 0 heterocycles. The van der Waals surface area contributed by atoms with Crippen LogP contribution in [0.4, 0.5) is 11.4 Å². The molecule has 5 heteroatoms. The highest BCUT2D eigenvalue weighted by molar-refractivity contribution is 5.95. The second-order valence-electron chi connectivity index (χ2n) is 7.33. The van der Waals surface area contributed by atoms with E-state index in [4.69, 9.17) is 5.73 Å². The molecule has 130 valence electrons. The quantitative estimate of drug-likeness (QED) is 0.749. The molecule has 2 fully saturated rings. The van der Waals surface area contributed by atoms with E-state index in [9.17, 15) is 9.59 Å². The van der Waals surface area contributed by atoms with Crippen LogP contribution in [0.5, 0.6) is 0 Å². The average molecular weight is 329 g/mol. The van der Waals surface area contributed by atoms with Crippen molar-refractivity contribution in [3.8, 4) is 0 Å². The molecule has 0 unspecified atom stereocenters. The average Bonchev–Trinajstić information content (AvgIpc) is 3.42. The first-order chi connectivity index (χ1) is 11.6. The maximum Gasteiger partial charge on any atom is 0.227 e. The molecule has 1 aromatic rings. The van der Waals surface area contributed by atoms with Crippen LogP contribution in [0.1, 0.15) is 51.4 Å². The Morgan fingerprint density at radius 2 is 1.58 bits per heavy atom. The van der Waals surface area contributed by atoms with Crippen LogP contribution in [-0.4, -0.2) is 18.4 Å². The summed E-state index contributed by atoms with van der Waals surface area (Å²) in [5.74, 6) is 0.304. The van der Waals surface area contributed by atoms with E-state index in [1.165, 1.54) is 19.3 Å². The molecule has 0 aromatic heterocycles. The first-order valence-electron chi connectivity index (χ1n) is 9.01. The molecular weight excluding hydrogens is 302 g/mol. The van der Waals surface area contributed by atoms with Gasteiger partial charge in [0.25, 0.3) is 0 Å². The fourth-order valence-electron chi connectivity index (χ4n) is 3.53. The van der Waals surface area contributed by atoms with Crippen LogP contribution in [0.2, 0.25) is 0 Å². The second-order valence-corrected chi connectivity index (χ2v) is 7.33. The maximum atomic E-state index is 12.4. The first-order valence-corrected chi connectivity index (χ1v) is 9.01. The number of anilines is 2. The number of rotatable bonds is 6. The highest BCUT2D eigenvalue weighted by atomic mass is 16.2. The Labute approximate surface area is 143 Å². The molecule has 0 bridgehead atoms. The van der Waals surface area contributed by atoms with Crippen LogP contribution in [0.15, 0.2) is 24.3 Å². The van der Waals surface area contributed by atoms with Crippen molar-refractivity contribution < 1.29 is 9.59 Å². The van der Waals surface area contributed by atoms with Gasteiger partial charge in [0.1, 0.15) is 0 Å². The third-order valence-corrected chi connectivity index (χ3v) is 5.27. The highest BCUT2D eigenvalue weighted by Gasteiger charge is 2.33. The SMILES string of the molecule is NCC1(CC(=O)Nc2ccc(NC(=O)C3CC3)cc2)CCCCC1. The Hall–Kier alpha value is -1.88. The molecule has 2 aliphatic carbocycles. The van der Waals surface area contributed by atoms with Gasteiger partial charge < -0.3 is 16.4 Å². The van der Waals surface area contributed by atoms with E-state index >= 15 is 0 Å². The van der Waals surface area contributed by atoms with Crippen molar-refractivity contribution in [1.29, 1.82) is 0 Å². The third kappa shape index (κ3) is 4.35. The number of carbonyl (C=O) groups is 2. The number of hydrogen-bond acceptors (Lipinski definition) is 3. The minimum Gasteiger partial charge on any atom is -0.330 e. The molecule has 4 N–H and O–H groups in total. The number of nitrogens with two attached hydrogens (primary N) is 1. The van der Waals surface area contributed by atoms with Crippen LogP contribution in [0, 0.1) is 11.3 Å². The standard InChI is InChI=1S/C19H27N3O2/c20-13-19(10-2-1-3-11-19)12-17(23)21-15-6-8-16(9-7-15)22-18(24)14-4-5-14/h6-9,14H,1-5,10-13,20H2,(H,21,23)(H,22,24). The van der Waals surface area contributed by atoms with Gasteiger partial charge in [0.15, 0.2) is 0 Å². The van der Waals surface area contributed by atoms with Gasteiger partial charge >= 0.3 is 0 Å². The largest absolute Gasteiger partial charge is 0.330 e. The van der Waals surface area contributed by atoms with Crippen LogP contribution in [-0.2, 0) is 9.59 Å². The molecule has 2 aliphatic rings. The van der Waals surface area contributed by atoms with Crippen molar-refractivity contribution in [3.63, 3.8) is 0 Å². The van der Waals surface area contributed by atoms with Crippen LogP contribution < -0.4 is 16.4 Å². The van der Waals surface area contributed by atoms with E-state index in [0.717, 1.165) is 37.1 Å². The van der Waals surface area contributed by atoms with E-state index in [1.807, 2.05) is 24.3 Å². The predicted molar refractivity (Wildman–Crippen MR) is 95.6 cm³/mol. The van der Waals surface area contributed by atoms with Gasteiger partial charge in [0.2, 0.25) is 11.8 Å². The van der Waals surface area contributed by atoms with Crippen molar-refractivity contribution in [1.82, 2.24) is 0 Å². The van der Waals surface area contributed by atoms with Crippen molar-refractivity contribution in [2.45, 2.75) is 51.4 Å². The molecule has 0 saturated heterocycles. The lowest BCUT2D eigenvalue weighted by molar-refractivity contribution is -0.119. The second kappa shape index (κ2) is 7.34. The lowest BCUT2D eigenvalue weighted by Gasteiger charge is -2.35. The molecule has 0 atom stereocenters. The van der Waals surface area contributed by atoms with E-state index in [-0.39, 0.29) is 23.1 Å². The third-order valence-electron chi connectivity index (χ3n) is 5.27. The van der Waals surface area contributed by atoms with Crippen LogP contribution in [0.3, 0.4) is 0 Å². The van der Waals surface area contributed by atoms with E-state index in [0.29, 0.717) is 13.0 Å². The molecule has 1 aromatic carbocycles. The smallest absolute Gasteiger partial charge is 0.227 e. The topological polar surface area (TPSA) is 84.2 Å². The minimum absolute atomic E-state index is 0.0251. The molecule has 5 nitrogen and oxygen atoms in total. The van der Waals surface area contributed by atoms with E-state index in [1.54, 1.807) is 0 Å². The zero-order chi connectivity index (χ0) is 17.0. The molecule has 0 spiro atoms. The van der Waals surface area contributed by atoms with Crippen molar-refractivity contribution >= 4 is 23.2 Å². The zero-order valence-corrected chi connectivity index (χ0v) is 14.1. The number of carbonyl (C=O) groups excluding carboxylic acids is 2. The lowest BCUT2D eigenvalue weighted by atomic mass is 9.71. The fourth-order valence-corrected chi connectivity index (χ4v) is 3.53. The Balaban J connectivity index is 1.53. The summed E-state index contributed by atoms with van der Waals surface area (Å²) < 4.78 is 0. The van der Waals surface area contributed by atoms with Crippen molar-refractivity contribution in [2.75, 3.05) is 17.2 Å². The number of hydrogen-bond donors (Lipinski definition) is 3. The zero-order valence-electron chi connectivity index (χ0n) is 14.1. The summed E-state index contributed by atoms with van der Waals surface area (Å²) in [6.45, 7) is 0.576. The van der Waals surface area contributed by atoms with Gasteiger partial charge in [-0.2, -0.15) is 0 Å². The number of nitrogens with one attached hydrogen (secondary N) is 2. The predicted octanol–water partition coefficient (Wildman–Crippen LogP) is 3.27. The first kappa shape index (κ1) is 17.0. The van der Waals surface area contributed by atoms with Crippen molar-refractivity contribution in [2.24, 2.45) is 17.1 Å². The minimum atomic E-state index is -0.0273. The fraction of sp³-hybridized carbons (Fsp3) is 0.579. The monoisotopic (exact) mass is 329 g/mol. The summed E-state index contributed by atoms with van der Waals surface area (Å²) >= 11 is 0. The van der Waals surface area contributed by atoms with Gasteiger partial charge in [-0.25, -0.2) is 0 Å². The number of amides is 2. The van der Waals surface area contributed by atoms with Crippen molar-refractivity contribution in [3.05, 3.63) is 24.3 Å². The highest BCUT2D eigenvalue weighted by Crippen LogP contribution is 2.38. The van der Waals surface area contributed by atoms with Gasteiger partial charge in [-0.1, -0.05) is 19.3 Å². The Morgan fingerprint density at radius 1 is 1.00 bits per heavy atom. The Bertz CT molecular complexity index is 587. The maximum absolute atomic E-state index is 12.4. The summed E-state index contributed by atoms with van der Waals surface area (Å²) in [5, 5.41) is 5.85. The normalized spacial score (nSPS) is 19.5. The van der Waals surface area contributed by atoms with Gasteiger partial charge in [-0.3, -0.25) is 9.59 Å². The summed E-state index contributed by atoms with van der Waals surface area (Å²) in [6.07, 6.45) is 8.14. The van der Waals surface area contributed by atoms with E-state index < -0.39 is 0 Å². The Kier molecular flexibility index (Phi) is 5.19. The van der Waals surface area contributed by atoms with E-state index in [2.05, 4.69) is 10.6 Å².